The minimum Gasteiger partial charge on any atom is -0.405 e. The fraction of sp³-hybridized carbons (Fsp3) is 0.385. The van der Waals surface area contributed by atoms with Crippen molar-refractivity contribution in [3.63, 3.8) is 0 Å². The van der Waals surface area contributed by atoms with Crippen molar-refractivity contribution in [1.29, 1.82) is 0 Å². The molecule has 4 rings (SSSR count). The number of hydrogen-bond acceptors (Lipinski definition) is 4. The average molecular weight is 465 g/mol. The molecule has 1 saturated heterocycles. The van der Waals surface area contributed by atoms with Gasteiger partial charge in [-0.05, 0) is 35.2 Å². The highest BCUT2D eigenvalue weighted by atomic mass is 28.4. The molecule has 174 valence electrons. The van der Waals surface area contributed by atoms with Crippen LogP contribution in [0.4, 0.5) is 0 Å². The number of hydrogen-bond donors (Lipinski definition) is 1. The number of H-pyrrole nitrogens is 1. The van der Waals surface area contributed by atoms with Crippen molar-refractivity contribution in [3.8, 4) is 0 Å². The molecule has 0 spiro atoms. The molecule has 0 aliphatic carbocycles. The van der Waals surface area contributed by atoms with Gasteiger partial charge in [-0.2, -0.15) is 0 Å². The number of aromatic amines is 1. The Morgan fingerprint density at radius 3 is 2.12 bits per heavy atom. The van der Waals surface area contributed by atoms with Gasteiger partial charge < -0.3 is 9.16 Å². The first kappa shape index (κ1) is 23.4. The molecule has 1 aliphatic rings. The molecular formula is C26H32N2O4Si. The normalized spacial score (nSPS) is 19.0. The predicted octanol–water partition coefficient (Wildman–Crippen LogP) is 3.10. The summed E-state index contributed by atoms with van der Waals surface area (Å²) in [5.74, 6) is 0. The van der Waals surface area contributed by atoms with E-state index in [1.807, 2.05) is 12.1 Å². The standard InChI is InChI=1S/C26H32N2O4Si/c1-19-17-28(25(30)27-24(19)29)23-16-15-20(32-23)18-31-33(26(2,3)4,21-11-7-5-8-12-21)22-13-9-6-10-14-22/h5-14,17,20,23H,15-16,18H2,1-4H3,(H,27,29,30)/t20-,23+/m0/s1. The highest BCUT2D eigenvalue weighted by Crippen LogP contribution is 2.37. The summed E-state index contributed by atoms with van der Waals surface area (Å²) in [7, 11) is -2.64. The lowest BCUT2D eigenvalue weighted by Gasteiger charge is -2.43. The zero-order chi connectivity index (χ0) is 23.6. The van der Waals surface area contributed by atoms with Crippen LogP contribution in [0.15, 0.2) is 76.4 Å². The second-order valence-corrected chi connectivity index (χ2v) is 14.0. The molecule has 6 nitrogen and oxygen atoms in total. The van der Waals surface area contributed by atoms with Gasteiger partial charge in [0, 0.05) is 11.8 Å². The molecule has 0 bridgehead atoms. The average Bonchev–Trinajstić information content (AvgIpc) is 3.26. The molecule has 2 atom stereocenters. The SMILES string of the molecule is Cc1cn([C@H]2CC[C@@H](CO[Si](c3ccccc3)(c3ccccc3)C(C)(C)C)O2)c(=O)[nH]c1=O. The molecule has 0 radical (unpaired) electrons. The van der Waals surface area contributed by atoms with Crippen molar-refractivity contribution in [3.05, 3.63) is 93.3 Å². The van der Waals surface area contributed by atoms with Crippen LogP contribution in [0.25, 0.3) is 0 Å². The zero-order valence-corrected chi connectivity index (χ0v) is 20.7. The zero-order valence-electron chi connectivity index (χ0n) is 19.7. The lowest BCUT2D eigenvalue weighted by Crippen LogP contribution is -2.67. The van der Waals surface area contributed by atoms with Gasteiger partial charge in [-0.15, -0.1) is 0 Å². The maximum Gasteiger partial charge on any atom is 0.330 e. The topological polar surface area (TPSA) is 73.3 Å². The second-order valence-electron chi connectivity index (χ2n) is 9.74. The molecular weight excluding hydrogens is 432 g/mol. The minimum atomic E-state index is -2.64. The van der Waals surface area contributed by atoms with Gasteiger partial charge in [-0.1, -0.05) is 81.4 Å². The molecule has 1 N–H and O–H groups in total. The minimum absolute atomic E-state index is 0.110. The van der Waals surface area contributed by atoms with Crippen LogP contribution < -0.4 is 21.6 Å². The smallest absolute Gasteiger partial charge is 0.330 e. The van der Waals surface area contributed by atoms with E-state index in [9.17, 15) is 9.59 Å². The molecule has 1 fully saturated rings. The van der Waals surface area contributed by atoms with Gasteiger partial charge in [0.15, 0.2) is 0 Å². The summed E-state index contributed by atoms with van der Waals surface area (Å²) in [5.41, 5.74) is -0.310. The van der Waals surface area contributed by atoms with Crippen molar-refractivity contribution < 1.29 is 9.16 Å². The van der Waals surface area contributed by atoms with Gasteiger partial charge in [0.2, 0.25) is 0 Å². The van der Waals surface area contributed by atoms with Crippen LogP contribution in [0.1, 0.15) is 45.4 Å². The summed E-state index contributed by atoms with van der Waals surface area (Å²) in [6, 6.07) is 21.0. The quantitative estimate of drug-likeness (QED) is 0.569. The third-order valence-corrected chi connectivity index (χ3v) is 11.4. The van der Waals surface area contributed by atoms with Gasteiger partial charge in [-0.3, -0.25) is 14.3 Å². The second kappa shape index (κ2) is 9.25. The monoisotopic (exact) mass is 464 g/mol. The lowest BCUT2D eigenvalue weighted by atomic mass is 10.2. The maximum absolute atomic E-state index is 12.3. The fourth-order valence-electron chi connectivity index (χ4n) is 4.79. The number of benzene rings is 2. The Kier molecular flexibility index (Phi) is 6.56. The van der Waals surface area contributed by atoms with E-state index in [1.165, 1.54) is 14.9 Å². The largest absolute Gasteiger partial charge is 0.405 e. The van der Waals surface area contributed by atoms with E-state index < -0.39 is 20.2 Å². The number of nitrogens with zero attached hydrogens (tertiary/aromatic N) is 1. The van der Waals surface area contributed by atoms with E-state index in [1.54, 1.807) is 13.1 Å². The first-order chi connectivity index (χ1) is 15.7. The summed E-state index contributed by atoms with van der Waals surface area (Å²) in [6.45, 7) is 8.88. The molecule has 2 aromatic carbocycles. The van der Waals surface area contributed by atoms with Crippen LogP contribution >= 0.6 is 0 Å². The van der Waals surface area contributed by atoms with Crippen LogP contribution in [0.2, 0.25) is 5.04 Å². The van der Waals surface area contributed by atoms with E-state index >= 15 is 0 Å². The van der Waals surface area contributed by atoms with E-state index in [0.29, 0.717) is 18.6 Å². The summed E-state index contributed by atoms with van der Waals surface area (Å²) < 4.78 is 14.7. The molecule has 0 unspecified atom stereocenters. The maximum atomic E-state index is 12.3. The Bertz CT molecular complexity index is 1160. The van der Waals surface area contributed by atoms with E-state index in [0.717, 1.165) is 6.42 Å². The Labute approximate surface area is 195 Å². The Morgan fingerprint density at radius 2 is 1.58 bits per heavy atom. The van der Waals surface area contributed by atoms with Gasteiger partial charge in [0.1, 0.15) is 6.23 Å². The van der Waals surface area contributed by atoms with Crippen molar-refractivity contribution >= 4 is 18.7 Å². The van der Waals surface area contributed by atoms with Crippen molar-refractivity contribution in [2.45, 2.75) is 57.9 Å². The van der Waals surface area contributed by atoms with E-state index in [-0.39, 0.29) is 16.7 Å². The van der Waals surface area contributed by atoms with Gasteiger partial charge in [0.05, 0.1) is 12.7 Å². The van der Waals surface area contributed by atoms with E-state index in [4.69, 9.17) is 9.16 Å². The lowest BCUT2D eigenvalue weighted by molar-refractivity contribution is -0.0216. The predicted molar refractivity (Wildman–Crippen MR) is 133 cm³/mol. The number of aromatic nitrogens is 2. The Morgan fingerprint density at radius 1 is 1.00 bits per heavy atom. The molecule has 0 amide bonds. The number of rotatable bonds is 6. The summed E-state index contributed by atoms with van der Waals surface area (Å²) in [4.78, 5) is 26.4. The third-order valence-electron chi connectivity index (χ3n) is 6.44. The Balaban J connectivity index is 1.62. The number of aryl methyl sites for hydroxylation is 1. The highest BCUT2D eigenvalue weighted by Gasteiger charge is 2.50. The van der Waals surface area contributed by atoms with Gasteiger partial charge in [-0.25, -0.2) is 4.79 Å². The highest BCUT2D eigenvalue weighted by molar-refractivity contribution is 6.99. The van der Waals surface area contributed by atoms with Crippen molar-refractivity contribution in [2.24, 2.45) is 0 Å². The molecule has 1 aromatic heterocycles. The first-order valence-corrected chi connectivity index (χ1v) is 13.4. The summed E-state index contributed by atoms with van der Waals surface area (Å²) in [6.07, 6.45) is 2.53. The molecule has 1 aliphatic heterocycles. The molecule has 0 saturated carbocycles. The van der Waals surface area contributed by atoms with Crippen molar-refractivity contribution in [1.82, 2.24) is 9.55 Å². The molecule has 33 heavy (non-hydrogen) atoms. The first-order valence-electron chi connectivity index (χ1n) is 11.4. The van der Waals surface area contributed by atoms with Gasteiger partial charge in [0.25, 0.3) is 13.9 Å². The molecule has 7 heteroatoms. The fourth-order valence-corrected chi connectivity index (χ4v) is 9.38. The van der Waals surface area contributed by atoms with Gasteiger partial charge >= 0.3 is 5.69 Å². The van der Waals surface area contributed by atoms with Crippen molar-refractivity contribution in [2.75, 3.05) is 6.61 Å². The Hall–Kier alpha value is -2.74. The summed E-state index contributed by atoms with van der Waals surface area (Å²) >= 11 is 0. The van der Waals surface area contributed by atoms with E-state index in [2.05, 4.69) is 74.3 Å². The summed E-state index contributed by atoms with van der Waals surface area (Å²) in [5, 5.41) is 2.34. The van der Waals surface area contributed by atoms with Crippen LogP contribution in [0.5, 0.6) is 0 Å². The third kappa shape index (κ3) is 4.53. The van der Waals surface area contributed by atoms with Crippen LogP contribution in [-0.4, -0.2) is 30.6 Å². The number of nitrogens with one attached hydrogen (secondary N) is 1. The van der Waals surface area contributed by atoms with Crippen LogP contribution in [-0.2, 0) is 9.16 Å². The van der Waals surface area contributed by atoms with Crippen LogP contribution in [0, 0.1) is 6.92 Å². The molecule has 3 aromatic rings. The number of ether oxygens (including phenoxy) is 1. The van der Waals surface area contributed by atoms with Crippen LogP contribution in [0.3, 0.4) is 0 Å². The molecule has 2 heterocycles.